The number of ether oxygens (including phenoxy) is 1. The lowest BCUT2D eigenvalue weighted by molar-refractivity contribution is -0.122. The highest BCUT2D eigenvalue weighted by Crippen LogP contribution is 2.23. The molecule has 0 atom stereocenters. The van der Waals surface area contributed by atoms with E-state index in [2.05, 4.69) is 27.7 Å². The highest BCUT2D eigenvalue weighted by atomic mass is 32.1. The fourth-order valence-corrected chi connectivity index (χ4v) is 2.58. The second kappa shape index (κ2) is 7.91. The molecule has 1 aliphatic carbocycles. The van der Waals surface area contributed by atoms with Gasteiger partial charge in [-0.05, 0) is 55.6 Å². The lowest BCUT2D eigenvalue weighted by atomic mass is 9.87. The van der Waals surface area contributed by atoms with Crippen molar-refractivity contribution in [2.45, 2.75) is 44.2 Å². The molecule has 0 radical (unpaired) electrons. The maximum absolute atomic E-state index is 11.8. The molecule has 1 amide bonds. The number of rotatable bonds is 7. The number of amides is 1. The Hall–Kier alpha value is -1.71. The summed E-state index contributed by atoms with van der Waals surface area (Å²) in [4.78, 5) is 15.8. The van der Waals surface area contributed by atoms with Gasteiger partial charge in [-0.3, -0.25) is 4.79 Å². The van der Waals surface area contributed by atoms with E-state index in [1.54, 1.807) is 7.11 Å². The molecule has 1 aliphatic rings. The van der Waals surface area contributed by atoms with Gasteiger partial charge >= 0.3 is 0 Å². The van der Waals surface area contributed by atoms with Crippen LogP contribution in [-0.2, 0) is 11.2 Å². The van der Waals surface area contributed by atoms with Gasteiger partial charge in [-0.1, -0.05) is 12.1 Å². The number of thiocarbonyl (C=S) groups is 1. The predicted octanol–water partition coefficient (Wildman–Crippen LogP) is 2.77. The summed E-state index contributed by atoms with van der Waals surface area (Å²) < 4.78 is 5.12. The van der Waals surface area contributed by atoms with Gasteiger partial charge in [0, 0.05) is 12.5 Å². The van der Waals surface area contributed by atoms with Gasteiger partial charge in [0.05, 0.1) is 18.3 Å². The molecule has 1 saturated carbocycles. The molecule has 1 N–H and O–H groups in total. The topological polar surface area (TPSA) is 50.7 Å². The van der Waals surface area contributed by atoms with Crippen LogP contribution in [0.2, 0.25) is 0 Å². The van der Waals surface area contributed by atoms with Crippen molar-refractivity contribution >= 4 is 23.3 Å². The molecule has 1 fully saturated rings. The van der Waals surface area contributed by atoms with Crippen LogP contribution >= 0.6 is 12.2 Å². The average molecular weight is 304 g/mol. The summed E-state index contributed by atoms with van der Waals surface area (Å²) in [7, 11) is 1.66. The summed E-state index contributed by atoms with van der Waals surface area (Å²) in [6, 6.07) is 8.48. The molecule has 5 heteroatoms. The highest BCUT2D eigenvalue weighted by molar-refractivity contribution is 7.78. The van der Waals surface area contributed by atoms with Crippen molar-refractivity contribution in [3.05, 3.63) is 29.8 Å². The summed E-state index contributed by atoms with van der Waals surface area (Å²) in [5, 5.41) is 5.42. The zero-order valence-electron chi connectivity index (χ0n) is 12.2. The molecule has 0 aromatic heterocycles. The Morgan fingerprint density at radius 2 is 2.14 bits per heavy atom. The number of hydrogen-bond acceptors (Lipinski definition) is 4. The molecule has 0 aliphatic heterocycles. The van der Waals surface area contributed by atoms with Crippen LogP contribution < -0.4 is 10.1 Å². The number of isothiocyanates is 1. The first-order valence-corrected chi connectivity index (χ1v) is 7.61. The summed E-state index contributed by atoms with van der Waals surface area (Å²) in [6.07, 6.45) is 4.08. The monoisotopic (exact) mass is 304 g/mol. The van der Waals surface area contributed by atoms with Gasteiger partial charge in [-0.15, -0.1) is 0 Å². The first-order chi connectivity index (χ1) is 10.2. The number of carbonyl (C=O) groups is 1. The fraction of sp³-hybridized carbons (Fsp3) is 0.500. The molecule has 0 spiro atoms. The highest BCUT2D eigenvalue weighted by Gasteiger charge is 2.29. The summed E-state index contributed by atoms with van der Waals surface area (Å²) in [5.74, 6) is 0.980. The number of aliphatic imine (C=N–C) groups is 1. The molecule has 1 aromatic rings. The van der Waals surface area contributed by atoms with E-state index >= 15 is 0 Å². The van der Waals surface area contributed by atoms with Gasteiger partial charge in [0.25, 0.3) is 0 Å². The number of carbonyl (C=O) groups excluding carboxylic acids is 1. The number of aryl methyl sites for hydroxylation is 1. The molecule has 0 heterocycles. The Labute approximate surface area is 130 Å². The summed E-state index contributed by atoms with van der Waals surface area (Å²) >= 11 is 4.56. The van der Waals surface area contributed by atoms with E-state index in [-0.39, 0.29) is 18.0 Å². The molecule has 21 heavy (non-hydrogen) atoms. The SMILES string of the molecule is COc1ccc(CCCC(=O)NC2CC(N=C=S)C2)cc1. The lowest BCUT2D eigenvalue weighted by Crippen LogP contribution is -2.46. The molecule has 2 rings (SSSR count). The number of nitrogens with zero attached hydrogens (tertiary/aromatic N) is 1. The molecule has 4 nitrogen and oxygen atoms in total. The second-order valence-corrected chi connectivity index (χ2v) is 5.49. The Bertz CT molecular complexity index is 518. The Morgan fingerprint density at radius 3 is 2.76 bits per heavy atom. The largest absolute Gasteiger partial charge is 0.497 e. The van der Waals surface area contributed by atoms with Crippen LogP contribution in [0.4, 0.5) is 0 Å². The average Bonchev–Trinajstić information content (AvgIpc) is 2.46. The van der Waals surface area contributed by atoms with Gasteiger partial charge < -0.3 is 10.1 Å². The van der Waals surface area contributed by atoms with Crippen LogP contribution in [0.3, 0.4) is 0 Å². The predicted molar refractivity (Wildman–Crippen MR) is 85.9 cm³/mol. The molecular formula is C16H20N2O2S. The van der Waals surface area contributed by atoms with Crippen molar-refractivity contribution in [3.63, 3.8) is 0 Å². The van der Waals surface area contributed by atoms with Gasteiger partial charge in [0.1, 0.15) is 5.75 Å². The van der Waals surface area contributed by atoms with Crippen LogP contribution in [0.15, 0.2) is 29.3 Å². The zero-order valence-corrected chi connectivity index (χ0v) is 13.0. The second-order valence-electron chi connectivity index (χ2n) is 5.31. The van der Waals surface area contributed by atoms with Crippen molar-refractivity contribution in [2.24, 2.45) is 4.99 Å². The number of nitrogens with one attached hydrogen (secondary N) is 1. The third-order valence-corrected chi connectivity index (χ3v) is 3.85. The summed E-state index contributed by atoms with van der Waals surface area (Å²) in [6.45, 7) is 0. The van der Waals surface area contributed by atoms with Crippen LogP contribution in [0.5, 0.6) is 5.75 Å². The molecular weight excluding hydrogens is 284 g/mol. The van der Waals surface area contributed by atoms with Crippen LogP contribution in [0.25, 0.3) is 0 Å². The van der Waals surface area contributed by atoms with Gasteiger partial charge in [0.2, 0.25) is 5.91 Å². The maximum atomic E-state index is 11.8. The third kappa shape index (κ3) is 4.96. The number of methoxy groups -OCH3 is 1. The standard InChI is InChI=1S/C16H20N2O2S/c1-20-15-7-5-12(6-8-15)3-2-4-16(19)18-14-9-13(10-14)17-11-21/h5-8,13-14H,2-4,9-10H2,1H3,(H,18,19). The van der Waals surface area contributed by atoms with Crippen molar-refractivity contribution in [1.82, 2.24) is 5.32 Å². The molecule has 0 saturated heterocycles. The van der Waals surface area contributed by atoms with Gasteiger partial charge in [-0.25, -0.2) is 4.99 Å². The van der Waals surface area contributed by atoms with Crippen LogP contribution in [-0.4, -0.2) is 30.3 Å². The first-order valence-electron chi connectivity index (χ1n) is 7.20. The van der Waals surface area contributed by atoms with E-state index in [4.69, 9.17) is 4.74 Å². The molecule has 112 valence electrons. The quantitative estimate of drug-likeness (QED) is 0.622. The minimum absolute atomic E-state index is 0.123. The molecule has 0 unspecified atom stereocenters. The van der Waals surface area contributed by atoms with Crippen LogP contribution in [0.1, 0.15) is 31.2 Å². The first kappa shape index (κ1) is 15.7. The van der Waals surface area contributed by atoms with Crippen molar-refractivity contribution in [3.8, 4) is 5.75 Å². The fourth-order valence-electron chi connectivity index (χ4n) is 2.43. The maximum Gasteiger partial charge on any atom is 0.220 e. The molecule has 0 bridgehead atoms. The summed E-state index contributed by atoms with van der Waals surface area (Å²) in [5.41, 5.74) is 1.22. The smallest absolute Gasteiger partial charge is 0.220 e. The third-order valence-electron chi connectivity index (χ3n) is 3.74. The van der Waals surface area contributed by atoms with E-state index in [1.807, 2.05) is 24.3 Å². The number of benzene rings is 1. The Morgan fingerprint density at radius 1 is 1.43 bits per heavy atom. The molecule has 1 aromatic carbocycles. The van der Waals surface area contributed by atoms with Crippen molar-refractivity contribution in [2.75, 3.05) is 7.11 Å². The van der Waals surface area contributed by atoms with Crippen molar-refractivity contribution < 1.29 is 9.53 Å². The lowest BCUT2D eigenvalue weighted by Gasteiger charge is -2.32. The zero-order chi connectivity index (χ0) is 15.1. The normalized spacial score (nSPS) is 20.0. The van der Waals surface area contributed by atoms with E-state index in [9.17, 15) is 4.79 Å². The minimum atomic E-state index is 0.123. The number of hydrogen-bond donors (Lipinski definition) is 1. The van der Waals surface area contributed by atoms with E-state index in [0.717, 1.165) is 31.4 Å². The van der Waals surface area contributed by atoms with Crippen molar-refractivity contribution in [1.29, 1.82) is 0 Å². The van der Waals surface area contributed by atoms with Gasteiger partial charge in [-0.2, -0.15) is 0 Å². The Balaban J connectivity index is 1.62. The minimum Gasteiger partial charge on any atom is -0.497 e. The van der Waals surface area contributed by atoms with E-state index < -0.39 is 0 Å². The van der Waals surface area contributed by atoms with Gasteiger partial charge in [0.15, 0.2) is 0 Å². The van der Waals surface area contributed by atoms with Crippen LogP contribution in [0, 0.1) is 0 Å². The Kier molecular flexibility index (Phi) is 5.90. The van der Waals surface area contributed by atoms with E-state index in [1.165, 1.54) is 5.56 Å². The van der Waals surface area contributed by atoms with E-state index in [0.29, 0.717) is 6.42 Å².